The second-order valence-electron chi connectivity index (χ2n) is 10.6. The highest BCUT2D eigenvalue weighted by Crippen LogP contribution is 2.39. The third kappa shape index (κ3) is 5.91. The molecule has 3 heterocycles. The fourth-order valence-electron chi connectivity index (χ4n) is 4.12. The summed E-state index contributed by atoms with van der Waals surface area (Å²) in [4.78, 5) is 25.5. The summed E-state index contributed by atoms with van der Waals surface area (Å²) >= 11 is 0. The molecule has 0 aliphatic carbocycles. The fourth-order valence-corrected chi connectivity index (χ4v) is 4.12. The summed E-state index contributed by atoms with van der Waals surface area (Å²) < 4.78 is 46.5. The molecule has 1 aliphatic rings. The summed E-state index contributed by atoms with van der Waals surface area (Å²) in [6.45, 7) is 12.3. The molecule has 3 atom stereocenters. The first-order valence-electron chi connectivity index (χ1n) is 12.8. The molecule has 1 amide bonds. The van der Waals surface area contributed by atoms with Gasteiger partial charge in [0.1, 0.15) is 5.52 Å². The summed E-state index contributed by atoms with van der Waals surface area (Å²) in [6, 6.07) is 1.97. The molecule has 0 saturated carbocycles. The van der Waals surface area contributed by atoms with E-state index in [4.69, 9.17) is 14.2 Å². The predicted octanol–water partition coefficient (Wildman–Crippen LogP) is 4.32. The lowest BCUT2D eigenvalue weighted by Crippen LogP contribution is -2.45. The Morgan fingerprint density at radius 2 is 1.77 bits per heavy atom. The molecule has 4 rings (SSSR count). The Morgan fingerprint density at radius 3 is 2.38 bits per heavy atom. The van der Waals surface area contributed by atoms with E-state index in [1.165, 1.54) is 26.4 Å². The van der Waals surface area contributed by atoms with Gasteiger partial charge in [0.25, 0.3) is 0 Å². The van der Waals surface area contributed by atoms with Crippen LogP contribution in [0.15, 0.2) is 31.0 Å². The molecule has 1 saturated heterocycles. The molecular formula is C28H34F2N6O4. The number of aromatic nitrogens is 3. The van der Waals surface area contributed by atoms with E-state index in [1.807, 2.05) is 6.92 Å². The van der Waals surface area contributed by atoms with Crippen molar-refractivity contribution >= 4 is 28.6 Å². The van der Waals surface area contributed by atoms with Crippen molar-refractivity contribution in [1.29, 1.82) is 0 Å². The van der Waals surface area contributed by atoms with Gasteiger partial charge in [0.15, 0.2) is 29.0 Å². The van der Waals surface area contributed by atoms with E-state index in [0.717, 1.165) is 6.07 Å². The molecule has 40 heavy (non-hydrogen) atoms. The normalized spacial score (nSPS) is 17.8. The molecule has 10 nitrogen and oxygen atoms in total. The quantitative estimate of drug-likeness (QED) is 0.331. The smallest absolute Gasteiger partial charge is 0.243 e. The van der Waals surface area contributed by atoms with Crippen LogP contribution in [-0.2, 0) is 9.53 Å². The van der Waals surface area contributed by atoms with Crippen molar-refractivity contribution in [3.63, 3.8) is 0 Å². The number of nitrogens with one attached hydrogen (secondary N) is 3. The third-order valence-corrected chi connectivity index (χ3v) is 6.96. The first kappa shape index (κ1) is 28.9. The van der Waals surface area contributed by atoms with Crippen molar-refractivity contribution in [3.8, 4) is 22.8 Å². The molecule has 1 fully saturated rings. The Balaban J connectivity index is 1.82. The number of nitrogens with zero attached hydrogens (tertiary/aromatic N) is 3. The summed E-state index contributed by atoms with van der Waals surface area (Å²) in [5.41, 5.74) is -0.107. The number of ether oxygens (including phenoxy) is 3. The molecule has 2 aromatic heterocycles. The maximum Gasteiger partial charge on any atom is 0.243 e. The van der Waals surface area contributed by atoms with Crippen LogP contribution < -0.4 is 25.4 Å². The lowest BCUT2D eigenvalue weighted by atomic mass is 9.88. The number of fused-ring (bicyclic) bond motifs is 1. The standard InChI is InChI=1S/C28H34F2N6O4/c1-8-21(37)33-17-12-40-13-18(17)35-27-31-11-15-9-16(22-23(29)19(38-6)10-20(39-7)24(22)30)34-26(25(15)36-27)32-14(2)28(3,4)5/h8-11,14,17-18H,1,12-13H2,2-7H3,(H,32,34)(H,33,37)(H,31,35,36)/t14-,17+,18-/m1/s1. The number of carbonyl (C=O) groups excluding carboxylic acids is 1. The third-order valence-electron chi connectivity index (χ3n) is 6.96. The van der Waals surface area contributed by atoms with Crippen LogP contribution in [0.1, 0.15) is 27.7 Å². The molecule has 0 unspecified atom stereocenters. The van der Waals surface area contributed by atoms with Crippen molar-refractivity contribution in [2.45, 2.75) is 45.8 Å². The highest BCUT2D eigenvalue weighted by Gasteiger charge is 2.30. The molecule has 214 valence electrons. The van der Waals surface area contributed by atoms with Gasteiger partial charge in [-0.2, -0.15) is 0 Å². The zero-order valence-electron chi connectivity index (χ0n) is 23.4. The molecule has 3 N–H and O–H groups in total. The summed E-state index contributed by atoms with van der Waals surface area (Å²) in [5.74, 6) is -1.89. The molecule has 0 spiro atoms. The molecule has 1 aromatic carbocycles. The van der Waals surface area contributed by atoms with Crippen LogP contribution in [0.3, 0.4) is 0 Å². The second-order valence-corrected chi connectivity index (χ2v) is 10.6. The van der Waals surface area contributed by atoms with Gasteiger partial charge in [-0.15, -0.1) is 0 Å². The molecule has 12 heteroatoms. The van der Waals surface area contributed by atoms with Crippen LogP contribution in [0.5, 0.6) is 11.5 Å². The minimum atomic E-state index is -0.907. The van der Waals surface area contributed by atoms with Gasteiger partial charge in [-0.05, 0) is 24.5 Å². The van der Waals surface area contributed by atoms with Crippen LogP contribution in [-0.4, -0.2) is 66.4 Å². The SMILES string of the molecule is C=CC(=O)N[C@H]1COC[C@H]1Nc1ncc2cc(-c3c(F)c(OC)cc(OC)c3F)nc(N[C@H](C)C(C)(C)C)c2n1. The zero-order valence-corrected chi connectivity index (χ0v) is 23.4. The molecule has 1 aliphatic heterocycles. The minimum Gasteiger partial charge on any atom is -0.494 e. The Hall–Kier alpha value is -4.06. The number of carbonyl (C=O) groups is 1. The van der Waals surface area contributed by atoms with Gasteiger partial charge in [0.05, 0.1) is 50.8 Å². The van der Waals surface area contributed by atoms with E-state index >= 15 is 8.78 Å². The van der Waals surface area contributed by atoms with Gasteiger partial charge in [-0.25, -0.2) is 23.7 Å². The van der Waals surface area contributed by atoms with Gasteiger partial charge in [-0.1, -0.05) is 27.4 Å². The molecular weight excluding hydrogens is 522 g/mol. The summed E-state index contributed by atoms with van der Waals surface area (Å²) in [5, 5.41) is 9.91. The van der Waals surface area contributed by atoms with Gasteiger partial charge in [0, 0.05) is 23.7 Å². The second kappa shape index (κ2) is 11.6. The van der Waals surface area contributed by atoms with Crippen LogP contribution in [0, 0.1) is 17.0 Å². The van der Waals surface area contributed by atoms with E-state index in [2.05, 4.69) is 58.3 Å². The van der Waals surface area contributed by atoms with Crippen molar-refractivity contribution in [1.82, 2.24) is 20.3 Å². The van der Waals surface area contributed by atoms with Crippen LogP contribution in [0.25, 0.3) is 22.2 Å². The Morgan fingerprint density at radius 1 is 1.12 bits per heavy atom. The Kier molecular flexibility index (Phi) is 8.38. The average molecular weight is 557 g/mol. The predicted molar refractivity (Wildman–Crippen MR) is 149 cm³/mol. The lowest BCUT2D eigenvalue weighted by molar-refractivity contribution is -0.117. The van der Waals surface area contributed by atoms with Crippen molar-refractivity contribution in [2.24, 2.45) is 5.41 Å². The highest BCUT2D eigenvalue weighted by molar-refractivity contribution is 5.92. The summed E-state index contributed by atoms with van der Waals surface area (Å²) in [7, 11) is 2.58. The van der Waals surface area contributed by atoms with Gasteiger partial charge >= 0.3 is 0 Å². The van der Waals surface area contributed by atoms with Gasteiger partial charge in [0.2, 0.25) is 11.9 Å². The zero-order chi connectivity index (χ0) is 29.2. The van der Waals surface area contributed by atoms with E-state index in [1.54, 1.807) is 6.20 Å². The molecule has 0 bridgehead atoms. The minimum absolute atomic E-state index is 0.0176. The largest absolute Gasteiger partial charge is 0.494 e. The maximum absolute atomic E-state index is 15.4. The topological polar surface area (TPSA) is 120 Å². The number of anilines is 2. The van der Waals surface area contributed by atoms with E-state index in [9.17, 15) is 4.79 Å². The van der Waals surface area contributed by atoms with Crippen LogP contribution in [0.4, 0.5) is 20.5 Å². The lowest BCUT2D eigenvalue weighted by Gasteiger charge is -2.29. The first-order chi connectivity index (χ1) is 19.0. The maximum atomic E-state index is 15.4. The fraction of sp³-hybridized carbons (Fsp3) is 0.429. The van der Waals surface area contributed by atoms with Gasteiger partial charge in [-0.3, -0.25) is 4.79 Å². The number of halogens is 2. The number of amides is 1. The average Bonchev–Trinajstić information content (AvgIpc) is 3.34. The number of rotatable bonds is 9. The highest BCUT2D eigenvalue weighted by atomic mass is 19.1. The van der Waals surface area contributed by atoms with Gasteiger partial charge < -0.3 is 30.2 Å². The number of hydrogen-bond donors (Lipinski definition) is 3. The Bertz CT molecular complexity index is 1400. The number of benzene rings is 1. The van der Waals surface area contributed by atoms with E-state index < -0.39 is 17.2 Å². The first-order valence-corrected chi connectivity index (χ1v) is 12.8. The monoisotopic (exact) mass is 556 g/mol. The van der Waals surface area contributed by atoms with E-state index in [-0.39, 0.29) is 52.6 Å². The number of hydrogen-bond acceptors (Lipinski definition) is 9. The number of pyridine rings is 1. The van der Waals surface area contributed by atoms with E-state index in [0.29, 0.717) is 29.9 Å². The van der Waals surface area contributed by atoms with Crippen molar-refractivity contribution in [2.75, 3.05) is 38.1 Å². The summed E-state index contributed by atoms with van der Waals surface area (Å²) in [6.07, 6.45) is 2.74. The number of methoxy groups -OCH3 is 2. The van der Waals surface area contributed by atoms with Crippen molar-refractivity contribution in [3.05, 3.63) is 42.6 Å². The Labute approximate surface area is 231 Å². The van der Waals surface area contributed by atoms with Crippen LogP contribution in [0.2, 0.25) is 0 Å². The van der Waals surface area contributed by atoms with Crippen LogP contribution >= 0.6 is 0 Å². The van der Waals surface area contributed by atoms with Crippen molar-refractivity contribution < 1.29 is 27.8 Å². The molecule has 0 radical (unpaired) electrons. The molecule has 3 aromatic rings.